The van der Waals surface area contributed by atoms with Gasteiger partial charge < -0.3 is 15.1 Å². The topological polar surface area (TPSA) is 35.6 Å². The van der Waals surface area contributed by atoms with E-state index in [0.29, 0.717) is 6.04 Å². The second-order valence-electron chi connectivity index (χ2n) is 3.54. The minimum Gasteiger partial charge on any atom is -0.336 e. The molecule has 0 aromatic carbocycles. The summed E-state index contributed by atoms with van der Waals surface area (Å²) in [6.07, 6.45) is 0. The van der Waals surface area contributed by atoms with Crippen LogP contribution in [0.1, 0.15) is 6.92 Å². The molecule has 70 valence electrons. The van der Waals surface area contributed by atoms with Crippen LogP contribution >= 0.6 is 0 Å². The molecule has 2 amide bonds. The lowest BCUT2D eigenvalue weighted by molar-refractivity contribution is 0.188. The summed E-state index contributed by atoms with van der Waals surface area (Å²) in [7, 11) is 4.04. The Morgan fingerprint density at radius 2 is 2.33 bits per heavy atom. The van der Waals surface area contributed by atoms with Crippen molar-refractivity contribution in [3.8, 4) is 0 Å². The average molecular weight is 171 g/mol. The molecule has 12 heavy (non-hydrogen) atoms. The molecule has 1 fully saturated rings. The highest BCUT2D eigenvalue weighted by Gasteiger charge is 2.24. The molecule has 0 aromatic heterocycles. The number of hydrogen-bond donors (Lipinski definition) is 1. The molecule has 1 unspecified atom stereocenters. The molecule has 1 N–H and O–H groups in total. The Balaban J connectivity index is 2.40. The summed E-state index contributed by atoms with van der Waals surface area (Å²) in [5.74, 6) is 0. The van der Waals surface area contributed by atoms with Crippen molar-refractivity contribution in [1.82, 2.24) is 15.1 Å². The van der Waals surface area contributed by atoms with E-state index in [4.69, 9.17) is 0 Å². The van der Waals surface area contributed by atoms with Gasteiger partial charge in [-0.05, 0) is 21.0 Å². The van der Waals surface area contributed by atoms with Crippen molar-refractivity contribution in [1.29, 1.82) is 0 Å². The fourth-order valence-corrected chi connectivity index (χ4v) is 1.53. The van der Waals surface area contributed by atoms with Gasteiger partial charge in [-0.3, -0.25) is 0 Å². The number of hydrogen-bond acceptors (Lipinski definition) is 2. The van der Waals surface area contributed by atoms with Gasteiger partial charge in [0.25, 0.3) is 0 Å². The molecular formula is C8H17N3O. The average Bonchev–Trinajstić information content (AvgIpc) is 2.33. The van der Waals surface area contributed by atoms with Crippen LogP contribution in [-0.2, 0) is 0 Å². The molecule has 1 aliphatic rings. The fraction of sp³-hybridized carbons (Fsp3) is 0.875. The first kappa shape index (κ1) is 9.32. The predicted molar refractivity (Wildman–Crippen MR) is 48.1 cm³/mol. The first-order chi connectivity index (χ1) is 5.61. The molecule has 0 spiro atoms. The second kappa shape index (κ2) is 3.76. The van der Waals surface area contributed by atoms with Crippen molar-refractivity contribution >= 4 is 6.03 Å². The molecule has 1 atom stereocenters. The van der Waals surface area contributed by atoms with E-state index in [9.17, 15) is 4.79 Å². The lowest BCUT2D eigenvalue weighted by Crippen LogP contribution is -2.41. The molecule has 1 heterocycles. The molecule has 1 rings (SSSR count). The van der Waals surface area contributed by atoms with Crippen LogP contribution in [0.5, 0.6) is 0 Å². The number of rotatable bonds is 3. The molecule has 0 aliphatic carbocycles. The van der Waals surface area contributed by atoms with Gasteiger partial charge in [-0.2, -0.15) is 0 Å². The van der Waals surface area contributed by atoms with Crippen molar-refractivity contribution in [3.63, 3.8) is 0 Å². The zero-order chi connectivity index (χ0) is 9.14. The smallest absolute Gasteiger partial charge is 0.317 e. The maximum atomic E-state index is 11.2. The fourth-order valence-electron chi connectivity index (χ4n) is 1.53. The van der Waals surface area contributed by atoms with Crippen LogP contribution in [0.25, 0.3) is 0 Å². The number of amides is 2. The zero-order valence-corrected chi connectivity index (χ0v) is 8.00. The molecule has 0 saturated carbocycles. The first-order valence-electron chi connectivity index (χ1n) is 4.30. The first-order valence-corrected chi connectivity index (χ1v) is 4.30. The van der Waals surface area contributed by atoms with Crippen molar-refractivity contribution in [2.45, 2.75) is 13.0 Å². The quantitative estimate of drug-likeness (QED) is 0.647. The number of likely N-dealkylation sites (N-methyl/N-ethyl adjacent to an activating group) is 1. The molecule has 0 bridgehead atoms. The summed E-state index contributed by atoms with van der Waals surface area (Å²) in [4.78, 5) is 15.2. The van der Waals surface area contributed by atoms with Gasteiger partial charge in [0.1, 0.15) is 0 Å². The van der Waals surface area contributed by atoms with Crippen molar-refractivity contribution in [3.05, 3.63) is 0 Å². The van der Waals surface area contributed by atoms with E-state index in [1.54, 1.807) is 0 Å². The molecule has 1 saturated heterocycles. The highest BCUT2D eigenvalue weighted by atomic mass is 16.2. The summed E-state index contributed by atoms with van der Waals surface area (Å²) in [6.45, 7) is 4.63. The number of urea groups is 1. The summed E-state index contributed by atoms with van der Waals surface area (Å²) in [5, 5.41) is 2.79. The SMILES string of the molecule is CC(CN(C)C)N1CCNC1=O. The van der Waals surface area contributed by atoms with Gasteiger partial charge in [0.15, 0.2) is 0 Å². The van der Waals surface area contributed by atoms with Gasteiger partial charge in [-0.15, -0.1) is 0 Å². The third-order valence-corrected chi connectivity index (χ3v) is 2.05. The van der Waals surface area contributed by atoms with Crippen molar-refractivity contribution < 1.29 is 4.79 Å². The Morgan fingerprint density at radius 1 is 1.67 bits per heavy atom. The minimum absolute atomic E-state index is 0.0735. The van der Waals surface area contributed by atoms with Crippen LogP contribution in [0.15, 0.2) is 0 Å². The summed E-state index contributed by atoms with van der Waals surface area (Å²) < 4.78 is 0. The Bertz CT molecular complexity index is 170. The molecule has 0 aromatic rings. The zero-order valence-electron chi connectivity index (χ0n) is 8.00. The number of nitrogens with one attached hydrogen (secondary N) is 1. The Kier molecular flexibility index (Phi) is 2.92. The van der Waals surface area contributed by atoms with E-state index in [2.05, 4.69) is 17.1 Å². The molecule has 4 heteroatoms. The van der Waals surface area contributed by atoms with Gasteiger partial charge in [-0.1, -0.05) is 0 Å². The third kappa shape index (κ3) is 2.11. The second-order valence-corrected chi connectivity index (χ2v) is 3.54. The Hall–Kier alpha value is -0.770. The van der Waals surface area contributed by atoms with Crippen LogP contribution in [0, 0.1) is 0 Å². The maximum absolute atomic E-state index is 11.2. The highest BCUT2D eigenvalue weighted by molar-refractivity contribution is 5.76. The number of nitrogens with zero attached hydrogens (tertiary/aromatic N) is 2. The van der Waals surface area contributed by atoms with E-state index >= 15 is 0 Å². The van der Waals surface area contributed by atoms with Gasteiger partial charge in [0.05, 0.1) is 0 Å². The van der Waals surface area contributed by atoms with Crippen LogP contribution in [0.3, 0.4) is 0 Å². The van der Waals surface area contributed by atoms with Crippen molar-refractivity contribution in [2.75, 3.05) is 33.7 Å². The van der Waals surface area contributed by atoms with Crippen LogP contribution in [0.2, 0.25) is 0 Å². The van der Waals surface area contributed by atoms with E-state index in [1.165, 1.54) is 0 Å². The predicted octanol–water partition coefficient (Wildman–Crippen LogP) is -0.0383. The molecular weight excluding hydrogens is 154 g/mol. The van der Waals surface area contributed by atoms with E-state index in [0.717, 1.165) is 19.6 Å². The minimum atomic E-state index is 0.0735. The van der Waals surface area contributed by atoms with Crippen LogP contribution in [-0.4, -0.2) is 55.6 Å². The molecule has 4 nitrogen and oxygen atoms in total. The monoisotopic (exact) mass is 171 g/mol. The summed E-state index contributed by atoms with van der Waals surface area (Å²) >= 11 is 0. The van der Waals surface area contributed by atoms with Gasteiger partial charge in [-0.25, -0.2) is 4.79 Å². The summed E-state index contributed by atoms with van der Waals surface area (Å²) in [6, 6.07) is 0.381. The van der Waals surface area contributed by atoms with E-state index in [1.807, 2.05) is 19.0 Å². The van der Waals surface area contributed by atoms with Gasteiger partial charge in [0.2, 0.25) is 0 Å². The maximum Gasteiger partial charge on any atom is 0.317 e. The van der Waals surface area contributed by atoms with E-state index in [-0.39, 0.29) is 6.03 Å². The third-order valence-electron chi connectivity index (χ3n) is 2.05. The van der Waals surface area contributed by atoms with Crippen LogP contribution < -0.4 is 5.32 Å². The Morgan fingerprint density at radius 3 is 2.75 bits per heavy atom. The van der Waals surface area contributed by atoms with E-state index < -0.39 is 0 Å². The summed E-state index contributed by atoms with van der Waals surface area (Å²) in [5.41, 5.74) is 0. The van der Waals surface area contributed by atoms with Crippen molar-refractivity contribution in [2.24, 2.45) is 0 Å². The number of carbonyl (C=O) groups is 1. The standard InChI is InChI=1S/C8H17N3O/c1-7(6-10(2)3)11-5-4-9-8(11)12/h7H,4-6H2,1-3H3,(H,9,12). The van der Waals surface area contributed by atoms with Crippen LogP contribution in [0.4, 0.5) is 4.79 Å². The van der Waals surface area contributed by atoms with Gasteiger partial charge >= 0.3 is 6.03 Å². The molecule has 1 aliphatic heterocycles. The normalized spacial score (nSPS) is 20.0. The Labute approximate surface area is 73.5 Å². The lowest BCUT2D eigenvalue weighted by Gasteiger charge is -2.25. The number of carbonyl (C=O) groups excluding carboxylic acids is 1. The highest BCUT2D eigenvalue weighted by Crippen LogP contribution is 2.04. The van der Waals surface area contributed by atoms with Gasteiger partial charge in [0, 0.05) is 25.7 Å². The molecule has 0 radical (unpaired) electrons. The largest absolute Gasteiger partial charge is 0.336 e. The lowest BCUT2D eigenvalue weighted by atomic mass is 10.3.